The van der Waals surface area contributed by atoms with Gasteiger partial charge in [-0.3, -0.25) is 4.79 Å². The van der Waals surface area contributed by atoms with Gasteiger partial charge in [0, 0.05) is 13.1 Å². The molecule has 0 amide bonds. The van der Waals surface area contributed by atoms with E-state index in [-0.39, 0.29) is 11.5 Å². The Hall–Kier alpha value is -2.41. The topological polar surface area (TPSA) is 58.7 Å². The Bertz CT molecular complexity index is 603. The van der Waals surface area contributed by atoms with E-state index in [1.165, 1.54) is 6.92 Å². The highest BCUT2D eigenvalue weighted by molar-refractivity contribution is 5.94. The molecule has 0 bridgehead atoms. The lowest BCUT2D eigenvalue weighted by atomic mass is 10.2. The summed E-state index contributed by atoms with van der Waals surface area (Å²) in [5, 5.41) is 13.0. The molecule has 1 heterocycles. The summed E-state index contributed by atoms with van der Waals surface area (Å²) < 4.78 is 1.55. The van der Waals surface area contributed by atoms with Gasteiger partial charge >= 0.3 is 0 Å². The quantitative estimate of drug-likeness (QED) is 0.736. The molecular formula is C13H11N3O. The number of rotatable bonds is 2. The smallest absolute Gasteiger partial charge is 0.181 e. The van der Waals surface area contributed by atoms with Crippen molar-refractivity contribution in [2.24, 2.45) is 0 Å². The molecule has 0 aliphatic rings. The number of benzene rings is 1. The first-order valence-electron chi connectivity index (χ1n) is 5.19. The maximum absolute atomic E-state index is 11.3. The molecule has 0 radical (unpaired) electrons. The summed E-state index contributed by atoms with van der Waals surface area (Å²) in [5.74, 6) is -0.201. The number of nitriles is 1. The number of hydrogen-bond acceptors (Lipinski definition) is 3. The van der Waals surface area contributed by atoms with Crippen LogP contribution in [0.15, 0.2) is 30.5 Å². The third kappa shape index (κ3) is 2.08. The minimum absolute atomic E-state index is 0.201. The van der Waals surface area contributed by atoms with Gasteiger partial charge in [-0.25, -0.2) is 4.68 Å². The molecule has 2 aromatic rings. The fourth-order valence-electron chi connectivity index (χ4n) is 1.55. The predicted octanol–water partition coefficient (Wildman–Crippen LogP) is 2.25. The Morgan fingerprint density at radius 3 is 2.47 bits per heavy atom. The minimum Gasteiger partial charge on any atom is -0.293 e. The van der Waals surface area contributed by atoms with E-state index in [0.29, 0.717) is 5.56 Å². The largest absolute Gasteiger partial charge is 0.293 e. The van der Waals surface area contributed by atoms with Crippen LogP contribution in [0.3, 0.4) is 0 Å². The molecule has 0 spiro atoms. The molecule has 0 saturated heterocycles. The third-order valence-corrected chi connectivity index (χ3v) is 2.47. The first-order valence-corrected chi connectivity index (χ1v) is 5.19. The average molecular weight is 225 g/mol. The number of ketones is 1. The van der Waals surface area contributed by atoms with Crippen LogP contribution in [0.5, 0.6) is 0 Å². The van der Waals surface area contributed by atoms with Crippen LogP contribution in [-0.2, 0) is 0 Å². The third-order valence-electron chi connectivity index (χ3n) is 2.47. The summed E-state index contributed by atoms with van der Waals surface area (Å²) in [5.41, 5.74) is 2.50. The van der Waals surface area contributed by atoms with Crippen molar-refractivity contribution in [3.63, 3.8) is 0 Å². The highest BCUT2D eigenvalue weighted by Crippen LogP contribution is 2.13. The van der Waals surface area contributed by atoms with Crippen molar-refractivity contribution in [2.45, 2.75) is 13.8 Å². The van der Waals surface area contributed by atoms with E-state index in [2.05, 4.69) is 5.10 Å². The van der Waals surface area contributed by atoms with Crippen molar-refractivity contribution in [1.82, 2.24) is 9.78 Å². The normalized spacial score (nSPS) is 9.94. The van der Waals surface area contributed by atoms with Gasteiger partial charge in [-0.15, -0.1) is 0 Å². The van der Waals surface area contributed by atoms with Gasteiger partial charge in [0.1, 0.15) is 17.3 Å². The molecule has 0 aliphatic carbocycles. The van der Waals surface area contributed by atoms with E-state index in [9.17, 15) is 4.79 Å². The van der Waals surface area contributed by atoms with Gasteiger partial charge in [-0.2, -0.15) is 10.4 Å². The molecule has 0 N–H and O–H groups in total. The molecule has 4 heteroatoms. The Morgan fingerprint density at radius 2 is 2.00 bits per heavy atom. The monoisotopic (exact) mass is 225 g/mol. The van der Waals surface area contributed by atoms with E-state index in [0.717, 1.165) is 11.3 Å². The second-order valence-electron chi connectivity index (χ2n) is 3.84. The summed E-state index contributed by atoms with van der Waals surface area (Å²) in [6.07, 6.45) is 1.57. The summed E-state index contributed by atoms with van der Waals surface area (Å²) in [4.78, 5) is 11.3. The number of aryl methyl sites for hydroxylation is 1. The van der Waals surface area contributed by atoms with E-state index in [4.69, 9.17) is 5.26 Å². The first kappa shape index (κ1) is 11.1. The Kier molecular flexibility index (Phi) is 2.75. The van der Waals surface area contributed by atoms with Crippen molar-refractivity contribution in [3.8, 4) is 11.8 Å². The molecule has 0 atom stereocenters. The van der Waals surface area contributed by atoms with Crippen molar-refractivity contribution >= 4 is 5.78 Å². The highest BCUT2D eigenvalue weighted by atomic mass is 16.1. The number of hydrogen-bond donors (Lipinski definition) is 0. The van der Waals surface area contributed by atoms with E-state index >= 15 is 0 Å². The summed E-state index contributed by atoms with van der Waals surface area (Å²) in [6.45, 7) is 3.40. The van der Waals surface area contributed by atoms with E-state index in [1.54, 1.807) is 10.9 Å². The molecule has 4 nitrogen and oxygen atoms in total. The molecule has 2 rings (SSSR count). The van der Waals surface area contributed by atoms with Crippen molar-refractivity contribution in [1.29, 1.82) is 5.26 Å². The number of carbonyl (C=O) groups is 1. The fraction of sp³-hybridized carbons (Fsp3) is 0.154. The highest BCUT2D eigenvalue weighted by Gasteiger charge is 2.13. The average Bonchev–Trinajstić information content (AvgIpc) is 2.74. The van der Waals surface area contributed by atoms with Crippen LogP contribution < -0.4 is 0 Å². The Morgan fingerprint density at radius 1 is 1.35 bits per heavy atom. The van der Waals surface area contributed by atoms with Crippen LogP contribution in [-0.4, -0.2) is 15.6 Å². The van der Waals surface area contributed by atoms with E-state index < -0.39 is 0 Å². The fourth-order valence-corrected chi connectivity index (χ4v) is 1.55. The van der Waals surface area contributed by atoms with Crippen LogP contribution >= 0.6 is 0 Å². The van der Waals surface area contributed by atoms with Crippen LogP contribution in [0, 0.1) is 18.3 Å². The van der Waals surface area contributed by atoms with Crippen molar-refractivity contribution < 1.29 is 4.79 Å². The first-order chi connectivity index (χ1) is 8.11. The molecule has 1 aromatic heterocycles. The Balaban J connectivity index is 2.51. The Labute approximate surface area is 99.1 Å². The summed E-state index contributed by atoms with van der Waals surface area (Å²) >= 11 is 0. The van der Waals surface area contributed by atoms with Crippen LogP contribution in [0.2, 0.25) is 0 Å². The lowest BCUT2D eigenvalue weighted by molar-refractivity contribution is 0.101. The van der Waals surface area contributed by atoms with Crippen LogP contribution in [0.25, 0.3) is 5.69 Å². The van der Waals surface area contributed by atoms with Gasteiger partial charge in [0.15, 0.2) is 5.78 Å². The lowest BCUT2D eigenvalue weighted by Crippen LogP contribution is -1.99. The lowest BCUT2D eigenvalue weighted by Gasteiger charge is -2.00. The van der Waals surface area contributed by atoms with Gasteiger partial charge in [-0.1, -0.05) is 17.7 Å². The maximum Gasteiger partial charge on any atom is 0.181 e. The second-order valence-corrected chi connectivity index (χ2v) is 3.84. The zero-order valence-corrected chi connectivity index (χ0v) is 9.64. The molecule has 0 unspecified atom stereocenters. The zero-order valence-electron chi connectivity index (χ0n) is 9.64. The number of aromatic nitrogens is 2. The molecule has 1 aromatic carbocycles. The zero-order chi connectivity index (χ0) is 12.4. The molecule has 0 fully saturated rings. The van der Waals surface area contributed by atoms with Gasteiger partial charge in [0.05, 0.1) is 5.69 Å². The van der Waals surface area contributed by atoms with E-state index in [1.807, 2.05) is 37.3 Å². The standard InChI is InChI=1S/C13H11N3O/c1-9-3-5-12(6-4-9)16-8-11(7-14)13(15-16)10(2)17/h3-6,8H,1-2H3. The maximum atomic E-state index is 11.3. The second kappa shape index (κ2) is 4.22. The predicted molar refractivity (Wildman–Crippen MR) is 63.0 cm³/mol. The van der Waals surface area contributed by atoms with Gasteiger partial charge in [0.2, 0.25) is 0 Å². The number of carbonyl (C=O) groups excluding carboxylic acids is 1. The van der Waals surface area contributed by atoms with Gasteiger partial charge in [-0.05, 0) is 19.1 Å². The van der Waals surface area contributed by atoms with Gasteiger partial charge in [0.25, 0.3) is 0 Å². The number of nitrogens with zero attached hydrogens (tertiary/aromatic N) is 3. The van der Waals surface area contributed by atoms with Gasteiger partial charge < -0.3 is 0 Å². The van der Waals surface area contributed by atoms with Crippen LogP contribution in [0.1, 0.15) is 28.5 Å². The summed E-state index contributed by atoms with van der Waals surface area (Å²) in [7, 11) is 0. The summed E-state index contributed by atoms with van der Waals surface area (Å²) in [6, 6.07) is 9.68. The van der Waals surface area contributed by atoms with Crippen molar-refractivity contribution in [2.75, 3.05) is 0 Å². The molecule has 17 heavy (non-hydrogen) atoms. The SMILES string of the molecule is CC(=O)c1nn(-c2ccc(C)cc2)cc1C#N. The molecular weight excluding hydrogens is 214 g/mol. The van der Waals surface area contributed by atoms with Crippen LogP contribution in [0.4, 0.5) is 0 Å². The molecule has 0 saturated carbocycles. The number of Topliss-reactive ketones (excluding diaryl/α,β-unsaturated/α-hetero) is 1. The minimum atomic E-state index is -0.201. The van der Waals surface area contributed by atoms with Crippen molar-refractivity contribution in [3.05, 3.63) is 47.3 Å². The molecule has 0 aliphatic heterocycles. The molecule has 84 valence electrons.